The minimum atomic E-state index is -1.10. The number of benzene rings is 1. The third-order valence-electron chi connectivity index (χ3n) is 5.32. The van der Waals surface area contributed by atoms with E-state index in [0.717, 1.165) is 16.7 Å². The molecule has 2 atom stereocenters. The van der Waals surface area contributed by atoms with Crippen molar-refractivity contribution in [3.05, 3.63) is 29.0 Å². The molecular weight excluding hydrogens is 493 g/mol. The molecule has 0 saturated carbocycles. The lowest BCUT2D eigenvalue weighted by molar-refractivity contribution is 0.0491. The number of anilines is 2. The number of piperidine rings is 1. The second-order valence-electron chi connectivity index (χ2n) is 9.15. The lowest BCUT2D eigenvalue weighted by Crippen LogP contribution is -2.52. The maximum absolute atomic E-state index is 14.7. The Labute approximate surface area is 199 Å². The summed E-state index contributed by atoms with van der Waals surface area (Å²) in [6.07, 6.45) is 0.103. The number of nitrogens with zero attached hydrogens (tertiary/aromatic N) is 5. The van der Waals surface area contributed by atoms with Crippen LogP contribution in [0.5, 0.6) is 0 Å². The highest BCUT2D eigenvalue weighted by Gasteiger charge is 2.31. The first-order chi connectivity index (χ1) is 15.5. The second kappa shape index (κ2) is 8.77. The minimum absolute atomic E-state index is 0.213. The van der Waals surface area contributed by atoms with Gasteiger partial charge in [-0.05, 0) is 48.8 Å². The number of nitrogen functional groups attached to an aromatic ring is 1. The SMILES string of the molecule is Cn1c(-c2nc(Br)cnc2N)nc2cccc(N3C[C@H](F)C[C@@H](NC(=O)OC(C)(C)C)C3)c21. The average molecular weight is 520 g/mol. The number of aryl methyl sites for hydroxylation is 1. The van der Waals surface area contributed by atoms with Crippen molar-refractivity contribution in [1.29, 1.82) is 0 Å². The first-order valence-electron chi connectivity index (χ1n) is 10.6. The number of nitrogens with one attached hydrogen (secondary N) is 1. The Morgan fingerprint density at radius 3 is 2.79 bits per heavy atom. The van der Waals surface area contributed by atoms with Crippen molar-refractivity contribution in [1.82, 2.24) is 24.8 Å². The molecule has 11 heteroatoms. The minimum Gasteiger partial charge on any atom is -0.444 e. The third kappa shape index (κ3) is 5.02. The molecule has 1 aliphatic rings. The van der Waals surface area contributed by atoms with Crippen LogP contribution in [0.3, 0.4) is 0 Å². The van der Waals surface area contributed by atoms with Gasteiger partial charge in [-0.25, -0.2) is 24.1 Å². The first-order valence-corrected chi connectivity index (χ1v) is 11.4. The molecule has 0 unspecified atom stereocenters. The summed E-state index contributed by atoms with van der Waals surface area (Å²) < 4.78 is 22.5. The van der Waals surface area contributed by atoms with Crippen molar-refractivity contribution in [2.24, 2.45) is 7.05 Å². The number of fused-ring (bicyclic) bond motifs is 1. The van der Waals surface area contributed by atoms with Gasteiger partial charge in [-0.1, -0.05) is 6.07 Å². The fourth-order valence-electron chi connectivity index (χ4n) is 4.07. The summed E-state index contributed by atoms with van der Waals surface area (Å²) >= 11 is 3.33. The lowest BCUT2D eigenvalue weighted by Gasteiger charge is -2.37. The van der Waals surface area contributed by atoms with Gasteiger partial charge < -0.3 is 25.3 Å². The van der Waals surface area contributed by atoms with Crippen LogP contribution < -0.4 is 16.0 Å². The van der Waals surface area contributed by atoms with E-state index in [1.165, 1.54) is 6.20 Å². The standard InChI is InChI=1S/C22H27BrFN7O2/c1-22(2,3)33-21(32)27-13-8-12(24)10-31(11-13)15-7-5-6-14-18(15)30(4)20(28-14)17-19(25)26-9-16(23)29-17/h5-7,9,12-13H,8,10-11H2,1-4H3,(H2,25,26)(H,27,32)/t12-,13-/m1/s1. The molecule has 176 valence electrons. The van der Waals surface area contributed by atoms with Crippen LogP contribution in [0.15, 0.2) is 29.0 Å². The van der Waals surface area contributed by atoms with Crippen molar-refractivity contribution in [3.63, 3.8) is 0 Å². The van der Waals surface area contributed by atoms with E-state index in [1.54, 1.807) is 20.8 Å². The van der Waals surface area contributed by atoms with E-state index in [-0.39, 0.29) is 18.8 Å². The predicted molar refractivity (Wildman–Crippen MR) is 129 cm³/mol. The highest BCUT2D eigenvalue weighted by Crippen LogP contribution is 2.33. The summed E-state index contributed by atoms with van der Waals surface area (Å²) in [6.45, 7) is 6.03. The number of nitrogens with two attached hydrogens (primary N) is 1. The van der Waals surface area contributed by atoms with Gasteiger partial charge in [-0.3, -0.25) is 0 Å². The summed E-state index contributed by atoms with van der Waals surface area (Å²) in [6, 6.07) is 5.30. The first kappa shape index (κ1) is 23.2. The van der Waals surface area contributed by atoms with Gasteiger partial charge in [-0.2, -0.15) is 0 Å². The fourth-order valence-corrected chi connectivity index (χ4v) is 4.35. The van der Waals surface area contributed by atoms with Crippen molar-refractivity contribution in [2.45, 2.75) is 45.0 Å². The number of rotatable bonds is 3. The zero-order valence-electron chi connectivity index (χ0n) is 19.0. The van der Waals surface area contributed by atoms with Crippen LogP contribution in [0.2, 0.25) is 0 Å². The van der Waals surface area contributed by atoms with Crippen molar-refractivity contribution < 1.29 is 13.9 Å². The van der Waals surface area contributed by atoms with Crippen LogP contribution in [0, 0.1) is 0 Å². The fraction of sp³-hybridized carbons (Fsp3) is 0.455. The van der Waals surface area contributed by atoms with Crippen LogP contribution in [0.1, 0.15) is 27.2 Å². The Morgan fingerprint density at radius 2 is 2.06 bits per heavy atom. The number of imidazole rings is 1. The number of carbonyl (C=O) groups excluding carboxylic acids is 1. The molecule has 3 aromatic rings. The molecule has 0 radical (unpaired) electrons. The molecule has 9 nitrogen and oxygen atoms in total. The van der Waals surface area contributed by atoms with Crippen LogP contribution in [0.4, 0.5) is 20.7 Å². The normalized spacial score (nSPS) is 19.0. The third-order valence-corrected chi connectivity index (χ3v) is 5.70. The molecule has 3 N–H and O–H groups in total. The van der Waals surface area contributed by atoms with E-state index in [2.05, 4.69) is 31.2 Å². The van der Waals surface area contributed by atoms with Gasteiger partial charge in [0.2, 0.25) is 0 Å². The maximum Gasteiger partial charge on any atom is 0.407 e. The number of hydrogen-bond donors (Lipinski definition) is 2. The summed E-state index contributed by atoms with van der Waals surface area (Å²) in [5.74, 6) is 0.822. The molecule has 33 heavy (non-hydrogen) atoms. The molecule has 0 spiro atoms. The maximum atomic E-state index is 14.7. The number of ether oxygens (including phenoxy) is 1. The molecular formula is C22H27BrFN7O2. The van der Waals surface area contributed by atoms with Crippen molar-refractivity contribution in [3.8, 4) is 11.5 Å². The smallest absolute Gasteiger partial charge is 0.407 e. The van der Waals surface area contributed by atoms with E-state index in [9.17, 15) is 9.18 Å². The molecule has 1 aliphatic heterocycles. The van der Waals surface area contributed by atoms with Gasteiger partial charge in [0.05, 0.1) is 29.0 Å². The van der Waals surface area contributed by atoms with Crippen LogP contribution in [-0.2, 0) is 11.8 Å². The van der Waals surface area contributed by atoms with E-state index in [0.29, 0.717) is 22.7 Å². The number of alkyl halides is 1. The average Bonchev–Trinajstić information content (AvgIpc) is 3.04. The Hall–Kier alpha value is -2.95. The van der Waals surface area contributed by atoms with Crippen LogP contribution in [0.25, 0.3) is 22.6 Å². The van der Waals surface area contributed by atoms with Crippen LogP contribution in [-0.4, -0.2) is 56.5 Å². The Kier molecular flexibility index (Phi) is 6.17. The number of halogens is 2. The summed E-state index contributed by atoms with van der Waals surface area (Å²) in [4.78, 5) is 27.5. The number of alkyl carbamates (subject to hydrolysis) is 1. The molecule has 1 amide bonds. The van der Waals surface area contributed by atoms with Crippen molar-refractivity contribution >= 4 is 44.6 Å². The van der Waals surface area contributed by atoms with Gasteiger partial charge in [0.15, 0.2) is 11.6 Å². The Morgan fingerprint density at radius 1 is 1.30 bits per heavy atom. The van der Waals surface area contributed by atoms with E-state index < -0.39 is 23.9 Å². The summed E-state index contributed by atoms with van der Waals surface area (Å²) in [5.41, 5.74) is 8.25. The largest absolute Gasteiger partial charge is 0.444 e. The number of hydrogen-bond acceptors (Lipinski definition) is 7. The molecule has 1 fully saturated rings. The quantitative estimate of drug-likeness (QED) is 0.540. The summed E-state index contributed by atoms with van der Waals surface area (Å²) in [7, 11) is 1.86. The number of aromatic nitrogens is 4. The van der Waals surface area contributed by atoms with Gasteiger partial charge in [0, 0.05) is 26.6 Å². The zero-order chi connectivity index (χ0) is 23.9. The molecule has 0 aliphatic carbocycles. The van der Waals surface area contributed by atoms with Crippen molar-refractivity contribution in [2.75, 3.05) is 23.7 Å². The van der Waals surface area contributed by atoms with E-state index in [4.69, 9.17) is 15.5 Å². The topological polar surface area (TPSA) is 111 Å². The molecule has 0 bridgehead atoms. The van der Waals surface area contributed by atoms with E-state index in [1.807, 2.05) is 34.7 Å². The number of carbonyl (C=O) groups is 1. The monoisotopic (exact) mass is 519 g/mol. The molecule has 2 aromatic heterocycles. The van der Waals surface area contributed by atoms with Gasteiger partial charge in [0.1, 0.15) is 22.1 Å². The Balaban J connectivity index is 1.67. The zero-order valence-corrected chi connectivity index (χ0v) is 20.6. The van der Waals surface area contributed by atoms with Gasteiger partial charge in [-0.15, -0.1) is 0 Å². The number of para-hydroxylation sites is 1. The molecule has 1 saturated heterocycles. The highest BCUT2D eigenvalue weighted by atomic mass is 79.9. The molecule has 1 aromatic carbocycles. The van der Waals surface area contributed by atoms with Gasteiger partial charge in [0.25, 0.3) is 0 Å². The Bertz CT molecular complexity index is 1190. The highest BCUT2D eigenvalue weighted by molar-refractivity contribution is 9.10. The number of amides is 1. The second-order valence-corrected chi connectivity index (χ2v) is 9.96. The predicted octanol–water partition coefficient (Wildman–Crippen LogP) is 3.82. The summed E-state index contributed by atoms with van der Waals surface area (Å²) in [5, 5.41) is 2.81. The molecule has 3 heterocycles. The lowest BCUT2D eigenvalue weighted by atomic mass is 10.0. The van der Waals surface area contributed by atoms with E-state index >= 15 is 0 Å². The molecule has 4 rings (SSSR count). The van der Waals surface area contributed by atoms with Crippen LogP contribution >= 0.6 is 15.9 Å². The van der Waals surface area contributed by atoms with Gasteiger partial charge >= 0.3 is 6.09 Å².